The number of amides is 1. The summed E-state index contributed by atoms with van der Waals surface area (Å²) in [6.45, 7) is 1.12. The molecule has 110 valence electrons. The van der Waals surface area contributed by atoms with Crippen LogP contribution in [-0.4, -0.2) is 30.2 Å². The summed E-state index contributed by atoms with van der Waals surface area (Å²) in [7, 11) is 0. The Hall–Kier alpha value is -1.39. The number of benzene rings is 1. The van der Waals surface area contributed by atoms with Crippen molar-refractivity contribution in [2.24, 2.45) is 0 Å². The minimum absolute atomic E-state index is 0.0613. The standard InChI is InChI=1S/C16H24N2O2/c19-11-5-7-13-6-4-8-14(12-13)18-16(20)15-9-2-1-3-10-17-15/h4,6,8,12,15,17,19H,1-3,5,7,9-11H2,(H,18,20). The molecule has 1 amide bonds. The van der Waals surface area contributed by atoms with Gasteiger partial charge in [-0.3, -0.25) is 4.79 Å². The predicted molar refractivity (Wildman–Crippen MR) is 80.7 cm³/mol. The highest BCUT2D eigenvalue weighted by molar-refractivity contribution is 5.94. The molecular weight excluding hydrogens is 252 g/mol. The van der Waals surface area contributed by atoms with Crippen LogP contribution >= 0.6 is 0 Å². The number of carbonyl (C=O) groups excluding carboxylic acids is 1. The molecule has 0 saturated carbocycles. The van der Waals surface area contributed by atoms with Crippen molar-refractivity contribution in [2.75, 3.05) is 18.5 Å². The van der Waals surface area contributed by atoms with E-state index >= 15 is 0 Å². The Morgan fingerprint density at radius 1 is 1.35 bits per heavy atom. The van der Waals surface area contributed by atoms with Gasteiger partial charge in [-0.05, 0) is 49.9 Å². The van der Waals surface area contributed by atoms with E-state index in [1.54, 1.807) is 0 Å². The minimum atomic E-state index is -0.0707. The number of hydrogen-bond acceptors (Lipinski definition) is 3. The maximum Gasteiger partial charge on any atom is 0.241 e. The van der Waals surface area contributed by atoms with Crippen molar-refractivity contribution in [2.45, 2.75) is 44.6 Å². The molecule has 1 aromatic carbocycles. The number of rotatable bonds is 5. The SMILES string of the molecule is O=C(Nc1cccc(CCCO)c1)C1CCCCCN1. The Labute approximate surface area is 120 Å². The lowest BCUT2D eigenvalue weighted by Crippen LogP contribution is -2.39. The van der Waals surface area contributed by atoms with E-state index in [0.717, 1.165) is 49.9 Å². The Bertz CT molecular complexity index is 426. The number of carbonyl (C=O) groups is 1. The average Bonchev–Trinajstić information content (AvgIpc) is 2.74. The van der Waals surface area contributed by atoms with E-state index in [1.807, 2.05) is 24.3 Å². The summed E-state index contributed by atoms with van der Waals surface area (Å²) in [5.41, 5.74) is 1.99. The van der Waals surface area contributed by atoms with E-state index in [9.17, 15) is 4.79 Å². The lowest BCUT2D eigenvalue weighted by molar-refractivity contribution is -0.118. The molecule has 4 heteroatoms. The zero-order valence-electron chi connectivity index (χ0n) is 11.9. The van der Waals surface area contributed by atoms with Crippen LogP contribution in [0.1, 0.15) is 37.7 Å². The van der Waals surface area contributed by atoms with Crippen LogP contribution in [0.3, 0.4) is 0 Å². The van der Waals surface area contributed by atoms with Gasteiger partial charge in [0.2, 0.25) is 5.91 Å². The van der Waals surface area contributed by atoms with Crippen molar-refractivity contribution in [3.8, 4) is 0 Å². The van der Waals surface area contributed by atoms with E-state index in [-0.39, 0.29) is 18.6 Å². The summed E-state index contributed by atoms with van der Waals surface area (Å²) in [5, 5.41) is 15.2. The molecule has 1 aliphatic heterocycles. The number of nitrogens with one attached hydrogen (secondary N) is 2. The molecule has 0 spiro atoms. The average molecular weight is 276 g/mol. The van der Waals surface area contributed by atoms with Crippen molar-refractivity contribution in [3.63, 3.8) is 0 Å². The van der Waals surface area contributed by atoms with Gasteiger partial charge in [0.05, 0.1) is 6.04 Å². The van der Waals surface area contributed by atoms with Crippen molar-refractivity contribution in [1.29, 1.82) is 0 Å². The fourth-order valence-electron chi connectivity index (χ4n) is 2.57. The van der Waals surface area contributed by atoms with Gasteiger partial charge >= 0.3 is 0 Å². The first-order valence-corrected chi connectivity index (χ1v) is 7.53. The van der Waals surface area contributed by atoms with Crippen LogP contribution in [0.2, 0.25) is 0 Å². The Kier molecular flexibility index (Phi) is 6.02. The Morgan fingerprint density at radius 3 is 3.10 bits per heavy atom. The molecule has 0 aromatic heterocycles. The summed E-state index contributed by atoms with van der Waals surface area (Å²) >= 11 is 0. The van der Waals surface area contributed by atoms with Crippen LogP contribution in [-0.2, 0) is 11.2 Å². The highest BCUT2D eigenvalue weighted by atomic mass is 16.2. The molecule has 1 unspecified atom stereocenters. The normalized spacial score (nSPS) is 19.4. The fraction of sp³-hybridized carbons (Fsp3) is 0.562. The van der Waals surface area contributed by atoms with E-state index in [1.165, 1.54) is 6.42 Å². The number of anilines is 1. The third-order valence-corrected chi connectivity index (χ3v) is 3.69. The molecule has 0 aliphatic carbocycles. The topological polar surface area (TPSA) is 61.4 Å². The van der Waals surface area contributed by atoms with Crippen molar-refractivity contribution < 1.29 is 9.90 Å². The number of aryl methyl sites for hydroxylation is 1. The maximum absolute atomic E-state index is 12.2. The molecule has 4 nitrogen and oxygen atoms in total. The van der Waals surface area contributed by atoms with E-state index in [2.05, 4.69) is 10.6 Å². The van der Waals surface area contributed by atoms with Gasteiger partial charge in [0.1, 0.15) is 0 Å². The lowest BCUT2D eigenvalue weighted by Gasteiger charge is -2.16. The Balaban J connectivity index is 1.92. The molecule has 1 aliphatic rings. The molecule has 0 radical (unpaired) electrons. The lowest BCUT2D eigenvalue weighted by atomic mass is 10.1. The molecule has 2 rings (SSSR count). The Morgan fingerprint density at radius 2 is 2.25 bits per heavy atom. The fourth-order valence-corrected chi connectivity index (χ4v) is 2.57. The summed E-state index contributed by atoms with van der Waals surface area (Å²) in [5.74, 6) is 0.0613. The smallest absolute Gasteiger partial charge is 0.241 e. The second kappa shape index (κ2) is 8.02. The summed E-state index contributed by atoms with van der Waals surface area (Å²) < 4.78 is 0. The number of aliphatic hydroxyl groups is 1. The van der Waals surface area contributed by atoms with Gasteiger partial charge in [0.25, 0.3) is 0 Å². The van der Waals surface area contributed by atoms with Gasteiger partial charge in [-0.1, -0.05) is 25.0 Å². The zero-order valence-corrected chi connectivity index (χ0v) is 11.9. The first kappa shape index (κ1) is 15.0. The largest absolute Gasteiger partial charge is 0.396 e. The van der Waals surface area contributed by atoms with E-state index in [4.69, 9.17) is 5.11 Å². The van der Waals surface area contributed by atoms with Crippen molar-refractivity contribution in [1.82, 2.24) is 5.32 Å². The molecule has 3 N–H and O–H groups in total. The molecule has 1 aromatic rings. The zero-order chi connectivity index (χ0) is 14.2. The molecule has 1 atom stereocenters. The minimum Gasteiger partial charge on any atom is -0.396 e. The van der Waals surface area contributed by atoms with Crippen LogP contribution in [0.25, 0.3) is 0 Å². The van der Waals surface area contributed by atoms with E-state index < -0.39 is 0 Å². The summed E-state index contributed by atoms with van der Waals surface area (Å²) in [6.07, 6.45) is 5.97. The molecule has 1 fully saturated rings. The second-order valence-corrected chi connectivity index (χ2v) is 5.37. The van der Waals surface area contributed by atoms with E-state index in [0.29, 0.717) is 0 Å². The van der Waals surface area contributed by atoms with Crippen LogP contribution in [0.5, 0.6) is 0 Å². The number of aliphatic hydroxyl groups excluding tert-OH is 1. The quantitative estimate of drug-likeness (QED) is 0.771. The highest BCUT2D eigenvalue weighted by Gasteiger charge is 2.19. The second-order valence-electron chi connectivity index (χ2n) is 5.37. The van der Waals surface area contributed by atoms with Gasteiger partial charge in [0.15, 0.2) is 0 Å². The third-order valence-electron chi connectivity index (χ3n) is 3.69. The maximum atomic E-state index is 12.2. The highest BCUT2D eigenvalue weighted by Crippen LogP contribution is 2.14. The van der Waals surface area contributed by atoms with Gasteiger partial charge in [-0.15, -0.1) is 0 Å². The van der Waals surface area contributed by atoms with Crippen LogP contribution in [0, 0.1) is 0 Å². The first-order valence-electron chi connectivity index (χ1n) is 7.53. The van der Waals surface area contributed by atoms with Crippen LogP contribution in [0.4, 0.5) is 5.69 Å². The van der Waals surface area contributed by atoms with Crippen molar-refractivity contribution >= 4 is 11.6 Å². The summed E-state index contributed by atoms with van der Waals surface area (Å²) in [6, 6.07) is 7.80. The molecule has 1 heterocycles. The first-order chi connectivity index (χ1) is 9.79. The molecule has 20 heavy (non-hydrogen) atoms. The monoisotopic (exact) mass is 276 g/mol. The van der Waals surface area contributed by atoms with Crippen molar-refractivity contribution in [3.05, 3.63) is 29.8 Å². The van der Waals surface area contributed by atoms with Gasteiger partial charge < -0.3 is 15.7 Å². The van der Waals surface area contributed by atoms with Gasteiger partial charge in [-0.25, -0.2) is 0 Å². The van der Waals surface area contributed by atoms with Crippen LogP contribution < -0.4 is 10.6 Å². The van der Waals surface area contributed by atoms with Crippen LogP contribution in [0.15, 0.2) is 24.3 Å². The summed E-state index contributed by atoms with van der Waals surface area (Å²) in [4.78, 5) is 12.2. The van der Waals surface area contributed by atoms with Gasteiger partial charge in [0, 0.05) is 12.3 Å². The predicted octanol–water partition coefficient (Wildman–Crippen LogP) is 2.08. The van der Waals surface area contributed by atoms with Gasteiger partial charge in [-0.2, -0.15) is 0 Å². The molecular formula is C16H24N2O2. The third kappa shape index (κ3) is 4.62. The number of hydrogen-bond donors (Lipinski definition) is 3. The molecule has 0 bridgehead atoms. The molecule has 1 saturated heterocycles.